The van der Waals surface area contributed by atoms with Gasteiger partial charge in [-0.15, -0.1) is 0 Å². The van der Waals surface area contributed by atoms with Crippen LogP contribution in [0.2, 0.25) is 0 Å². The van der Waals surface area contributed by atoms with E-state index in [1.165, 1.54) is 7.11 Å². The minimum atomic E-state index is -0.434. The zero-order chi connectivity index (χ0) is 14.3. The number of rotatable bonds is 8. The zero-order valence-electron chi connectivity index (χ0n) is 13.0. The van der Waals surface area contributed by atoms with Crippen molar-refractivity contribution in [2.75, 3.05) is 33.3 Å². The van der Waals surface area contributed by atoms with Gasteiger partial charge < -0.3 is 15.0 Å². The molecular weight excluding hydrogens is 240 g/mol. The lowest BCUT2D eigenvalue weighted by atomic mass is 9.84. The van der Waals surface area contributed by atoms with E-state index < -0.39 is 5.54 Å². The van der Waals surface area contributed by atoms with Crippen LogP contribution in [0.1, 0.15) is 46.5 Å². The predicted octanol–water partition coefficient (Wildman–Crippen LogP) is 2.04. The fourth-order valence-electron chi connectivity index (χ4n) is 3.42. The van der Waals surface area contributed by atoms with Gasteiger partial charge in [0.15, 0.2) is 0 Å². The maximum atomic E-state index is 12.2. The predicted molar refractivity (Wildman–Crippen MR) is 78.2 cm³/mol. The van der Waals surface area contributed by atoms with Crippen molar-refractivity contribution >= 4 is 5.97 Å². The Bertz CT molecular complexity index is 279. The minimum absolute atomic E-state index is 0.0728. The minimum Gasteiger partial charge on any atom is -0.468 e. The first-order chi connectivity index (χ1) is 9.14. The molecule has 4 heteroatoms. The Morgan fingerprint density at radius 3 is 2.58 bits per heavy atom. The number of ether oxygens (including phenoxy) is 1. The van der Waals surface area contributed by atoms with E-state index in [4.69, 9.17) is 4.74 Å². The first-order valence-electron chi connectivity index (χ1n) is 7.70. The Kier molecular flexibility index (Phi) is 6.80. The Balaban J connectivity index is 2.70. The summed E-state index contributed by atoms with van der Waals surface area (Å²) in [5.74, 6) is 0.330. The van der Waals surface area contributed by atoms with Gasteiger partial charge in [-0.1, -0.05) is 27.2 Å². The molecule has 0 radical (unpaired) electrons. The number of methoxy groups -OCH3 is 1. The molecule has 0 aromatic carbocycles. The monoisotopic (exact) mass is 270 g/mol. The summed E-state index contributed by atoms with van der Waals surface area (Å²) in [6.45, 7) is 10.5. The molecule has 0 aliphatic heterocycles. The second-order valence-corrected chi connectivity index (χ2v) is 5.40. The van der Waals surface area contributed by atoms with Gasteiger partial charge in [-0.25, -0.2) is 0 Å². The molecule has 2 unspecified atom stereocenters. The molecule has 2 atom stereocenters. The number of likely N-dealkylation sites (N-methyl/N-ethyl adjacent to an activating group) is 1. The van der Waals surface area contributed by atoms with Crippen LogP contribution in [0.25, 0.3) is 0 Å². The van der Waals surface area contributed by atoms with E-state index >= 15 is 0 Å². The van der Waals surface area contributed by atoms with E-state index in [1.54, 1.807) is 0 Å². The van der Waals surface area contributed by atoms with Crippen LogP contribution in [0.4, 0.5) is 0 Å². The standard InChI is InChI=1S/C15H30N2O2/c1-5-16-15(14(18)19-4)11-8-9-13(15)10-12-17(6-2)7-3/h13,16H,5-12H2,1-4H3. The van der Waals surface area contributed by atoms with Gasteiger partial charge in [-0.05, 0) is 51.4 Å². The van der Waals surface area contributed by atoms with Gasteiger partial charge in [0.1, 0.15) is 5.54 Å². The van der Waals surface area contributed by atoms with E-state index in [2.05, 4.69) is 31.0 Å². The summed E-state index contributed by atoms with van der Waals surface area (Å²) in [4.78, 5) is 14.6. The number of nitrogens with zero attached hydrogens (tertiary/aromatic N) is 1. The number of esters is 1. The third kappa shape index (κ3) is 3.69. The molecule has 1 aliphatic rings. The van der Waals surface area contributed by atoms with Crippen molar-refractivity contribution in [3.8, 4) is 0 Å². The zero-order valence-corrected chi connectivity index (χ0v) is 13.0. The van der Waals surface area contributed by atoms with Crippen LogP contribution in [0.3, 0.4) is 0 Å². The molecule has 1 rings (SSSR count). The highest BCUT2D eigenvalue weighted by molar-refractivity contribution is 5.81. The van der Waals surface area contributed by atoms with Crippen molar-refractivity contribution in [3.63, 3.8) is 0 Å². The smallest absolute Gasteiger partial charge is 0.326 e. The van der Waals surface area contributed by atoms with Crippen LogP contribution in [0.15, 0.2) is 0 Å². The normalized spacial score (nSPS) is 26.9. The summed E-state index contributed by atoms with van der Waals surface area (Å²) in [5.41, 5.74) is -0.434. The quantitative estimate of drug-likeness (QED) is 0.685. The molecule has 0 spiro atoms. The lowest BCUT2D eigenvalue weighted by molar-refractivity contribution is -0.150. The first-order valence-corrected chi connectivity index (χ1v) is 7.70. The number of carbonyl (C=O) groups excluding carboxylic acids is 1. The first kappa shape index (κ1) is 16.4. The van der Waals surface area contributed by atoms with E-state index in [0.717, 1.165) is 51.9 Å². The average Bonchev–Trinajstić information content (AvgIpc) is 2.83. The van der Waals surface area contributed by atoms with Crippen molar-refractivity contribution in [2.24, 2.45) is 5.92 Å². The van der Waals surface area contributed by atoms with Gasteiger partial charge in [0.05, 0.1) is 7.11 Å². The molecule has 1 N–H and O–H groups in total. The molecule has 0 aromatic heterocycles. The Labute approximate surface area is 117 Å². The molecule has 0 amide bonds. The van der Waals surface area contributed by atoms with E-state index in [9.17, 15) is 4.79 Å². The number of hydrogen-bond donors (Lipinski definition) is 1. The van der Waals surface area contributed by atoms with E-state index in [-0.39, 0.29) is 5.97 Å². The van der Waals surface area contributed by atoms with E-state index in [0.29, 0.717) is 5.92 Å². The molecule has 1 aliphatic carbocycles. The topological polar surface area (TPSA) is 41.6 Å². The molecule has 4 nitrogen and oxygen atoms in total. The molecule has 1 fully saturated rings. The van der Waals surface area contributed by atoms with Gasteiger partial charge in [-0.2, -0.15) is 0 Å². The summed E-state index contributed by atoms with van der Waals surface area (Å²) < 4.78 is 5.06. The van der Waals surface area contributed by atoms with Crippen LogP contribution in [-0.4, -0.2) is 49.7 Å². The van der Waals surface area contributed by atoms with Gasteiger partial charge in [0.25, 0.3) is 0 Å². The molecule has 1 saturated carbocycles. The highest BCUT2D eigenvalue weighted by Gasteiger charge is 2.48. The average molecular weight is 270 g/mol. The molecule has 19 heavy (non-hydrogen) atoms. The van der Waals surface area contributed by atoms with Crippen molar-refractivity contribution in [1.82, 2.24) is 10.2 Å². The van der Waals surface area contributed by atoms with Crippen molar-refractivity contribution < 1.29 is 9.53 Å². The third-order valence-corrected chi connectivity index (χ3v) is 4.55. The maximum Gasteiger partial charge on any atom is 0.326 e. The maximum absolute atomic E-state index is 12.2. The van der Waals surface area contributed by atoms with Gasteiger partial charge in [0.2, 0.25) is 0 Å². The molecule has 0 heterocycles. The molecule has 0 bridgehead atoms. The fraction of sp³-hybridized carbons (Fsp3) is 0.933. The summed E-state index contributed by atoms with van der Waals surface area (Å²) in [7, 11) is 1.50. The van der Waals surface area contributed by atoms with E-state index in [1.807, 2.05) is 0 Å². The molecule has 0 saturated heterocycles. The van der Waals surface area contributed by atoms with Crippen molar-refractivity contribution in [2.45, 2.75) is 52.0 Å². The third-order valence-electron chi connectivity index (χ3n) is 4.55. The van der Waals surface area contributed by atoms with Crippen LogP contribution >= 0.6 is 0 Å². The summed E-state index contributed by atoms with van der Waals surface area (Å²) in [6.07, 6.45) is 4.23. The Morgan fingerprint density at radius 2 is 2.05 bits per heavy atom. The molecule has 112 valence electrons. The van der Waals surface area contributed by atoms with Crippen LogP contribution in [-0.2, 0) is 9.53 Å². The van der Waals surface area contributed by atoms with Gasteiger partial charge in [-0.3, -0.25) is 4.79 Å². The summed E-state index contributed by atoms with van der Waals surface area (Å²) in [6, 6.07) is 0. The Hall–Kier alpha value is -0.610. The SMILES string of the molecule is CCNC1(C(=O)OC)CCCC1CCN(CC)CC. The van der Waals surface area contributed by atoms with Crippen LogP contribution < -0.4 is 5.32 Å². The highest BCUT2D eigenvalue weighted by Crippen LogP contribution is 2.39. The highest BCUT2D eigenvalue weighted by atomic mass is 16.5. The summed E-state index contributed by atoms with van der Waals surface area (Å²) in [5, 5.41) is 3.43. The largest absolute Gasteiger partial charge is 0.468 e. The second kappa shape index (κ2) is 7.85. The molecule has 0 aromatic rings. The lowest BCUT2D eigenvalue weighted by Crippen LogP contribution is -2.55. The van der Waals surface area contributed by atoms with Gasteiger partial charge >= 0.3 is 5.97 Å². The van der Waals surface area contributed by atoms with Crippen molar-refractivity contribution in [1.29, 1.82) is 0 Å². The number of hydrogen-bond acceptors (Lipinski definition) is 4. The van der Waals surface area contributed by atoms with Crippen molar-refractivity contribution in [3.05, 3.63) is 0 Å². The summed E-state index contributed by atoms with van der Waals surface area (Å²) >= 11 is 0. The second-order valence-electron chi connectivity index (χ2n) is 5.40. The number of carbonyl (C=O) groups is 1. The Morgan fingerprint density at radius 1 is 1.37 bits per heavy atom. The lowest BCUT2D eigenvalue weighted by Gasteiger charge is -2.34. The fourth-order valence-corrected chi connectivity index (χ4v) is 3.42. The number of nitrogens with one attached hydrogen (secondary N) is 1. The van der Waals surface area contributed by atoms with Gasteiger partial charge in [0, 0.05) is 0 Å². The van der Waals surface area contributed by atoms with Crippen LogP contribution in [0, 0.1) is 5.92 Å². The van der Waals surface area contributed by atoms with Crippen LogP contribution in [0.5, 0.6) is 0 Å². The molecular formula is C15H30N2O2.